The van der Waals surface area contributed by atoms with Crippen molar-refractivity contribution in [2.45, 2.75) is 32.4 Å². The van der Waals surface area contributed by atoms with Crippen LogP contribution in [0.15, 0.2) is 18.3 Å². The molecule has 2 heterocycles. The van der Waals surface area contributed by atoms with E-state index in [1.165, 1.54) is 10.5 Å². The minimum atomic E-state index is -4.39. The van der Waals surface area contributed by atoms with Crippen molar-refractivity contribution in [3.05, 3.63) is 35.3 Å². The quantitative estimate of drug-likeness (QED) is 0.885. The van der Waals surface area contributed by atoms with Gasteiger partial charge in [-0.2, -0.15) is 13.2 Å². The number of halogens is 3. The molecule has 2 aromatic rings. The van der Waals surface area contributed by atoms with E-state index in [1.807, 2.05) is 13.8 Å². The highest BCUT2D eigenvalue weighted by Gasteiger charge is 2.31. The molecule has 2 aromatic heterocycles. The molecule has 0 atom stereocenters. The Morgan fingerprint density at radius 1 is 1.40 bits per heavy atom. The van der Waals surface area contributed by atoms with Crippen molar-refractivity contribution in [3.8, 4) is 0 Å². The number of nitrogens with two attached hydrogens (primary N) is 1. The van der Waals surface area contributed by atoms with E-state index in [1.54, 1.807) is 0 Å². The number of fused-ring (bicyclic) bond motifs is 1. The van der Waals surface area contributed by atoms with Crippen LogP contribution in [0.4, 0.5) is 13.2 Å². The van der Waals surface area contributed by atoms with Crippen LogP contribution in [0.5, 0.6) is 0 Å². The summed E-state index contributed by atoms with van der Waals surface area (Å²) in [6, 6.07) is 2.38. The maximum Gasteiger partial charge on any atom is 0.417 e. The van der Waals surface area contributed by atoms with Crippen molar-refractivity contribution < 1.29 is 13.2 Å². The molecule has 0 bridgehead atoms. The molecular formula is C13H14F3N3S. The predicted octanol–water partition coefficient (Wildman–Crippen LogP) is 3.31. The van der Waals surface area contributed by atoms with Crippen LogP contribution in [0.2, 0.25) is 0 Å². The molecule has 2 rings (SSSR count). The molecule has 0 aliphatic heterocycles. The van der Waals surface area contributed by atoms with E-state index in [4.69, 9.17) is 18.0 Å². The van der Waals surface area contributed by atoms with Gasteiger partial charge in [0.05, 0.1) is 21.9 Å². The minimum Gasteiger partial charge on any atom is -0.393 e. The first-order chi connectivity index (χ1) is 9.20. The summed E-state index contributed by atoms with van der Waals surface area (Å²) in [6.07, 6.45) is -3.12. The van der Waals surface area contributed by atoms with Crippen molar-refractivity contribution in [1.29, 1.82) is 0 Å². The van der Waals surface area contributed by atoms with Crippen LogP contribution >= 0.6 is 12.2 Å². The molecule has 20 heavy (non-hydrogen) atoms. The van der Waals surface area contributed by atoms with Gasteiger partial charge in [-0.3, -0.25) is 0 Å². The third-order valence-electron chi connectivity index (χ3n) is 2.96. The van der Waals surface area contributed by atoms with Gasteiger partial charge in [0, 0.05) is 12.6 Å². The third kappa shape index (κ3) is 2.77. The summed E-state index contributed by atoms with van der Waals surface area (Å²) in [5, 5.41) is 0. The van der Waals surface area contributed by atoms with E-state index in [0.717, 1.165) is 18.0 Å². The topological polar surface area (TPSA) is 43.3 Å². The molecule has 2 N–H and O–H groups in total. The van der Waals surface area contributed by atoms with Crippen LogP contribution in [-0.2, 0) is 12.6 Å². The molecule has 0 amide bonds. The van der Waals surface area contributed by atoms with Gasteiger partial charge in [-0.1, -0.05) is 26.1 Å². The number of imidazole rings is 1. The molecule has 108 valence electrons. The Hall–Kier alpha value is -1.63. The summed E-state index contributed by atoms with van der Waals surface area (Å²) in [5.41, 5.74) is 6.62. The molecule has 0 aliphatic rings. The molecule has 0 unspecified atom stereocenters. The normalized spacial score (nSPS) is 12.3. The van der Waals surface area contributed by atoms with Gasteiger partial charge in [-0.25, -0.2) is 4.98 Å². The van der Waals surface area contributed by atoms with E-state index in [-0.39, 0.29) is 17.3 Å². The number of aromatic nitrogens is 2. The molecule has 0 radical (unpaired) electrons. The standard InChI is InChI=1S/C13H14F3N3S/c1-7(2)12-9(5-10(17)20)19-6-8(13(14,15)16)3-4-11(19)18-12/h3-4,6-7H,5H2,1-2H3,(H2,17,20). The average Bonchev–Trinajstić information content (AvgIpc) is 2.65. The molecular weight excluding hydrogens is 287 g/mol. The minimum absolute atomic E-state index is 0.0774. The largest absolute Gasteiger partial charge is 0.417 e. The molecule has 0 fully saturated rings. The van der Waals surface area contributed by atoms with E-state index in [9.17, 15) is 13.2 Å². The van der Waals surface area contributed by atoms with Crippen LogP contribution in [0.1, 0.15) is 36.7 Å². The predicted molar refractivity (Wildman–Crippen MR) is 74.8 cm³/mol. The lowest BCUT2D eigenvalue weighted by atomic mass is 10.1. The molecule has 0 aliphatic carbocycles. The Labute approximate surface area is 119 Å². The monoisotopic (exact) mass is 301 g/mol. The molecule has 0 saturated heterocycles. The zero-order chi connectivity index (χ0) is 15.1. The Bertz CT molecular complexity index is 659. The van der Waals surface area contributed by atoms with Gasteiger partial charge in [-0.15, -0.1) is 0 Å². The van der Waals surface area contributed by atoms with Gasteiger partial charge in [0.25, 0.3) is 0 Å². The van der Waals surface area contributed by atoms with Crippen LogP contribution in [0.25, 0.3) is 5.65 Å². The lowest BCUT2D eigenvalue weighted by Gasteiger charge is -2.09. The van der Waals surface area contributed by atoms with E-state index in [2.05, 4.69) is 4.98 Å². The fraction of sp³-hybridized carbons (Fsp3) is 0.385. The number of rotatable bonds is 3. The first-order valence-electron chi connectivity index (χ1n) is 6.06. The Balaban J connectivity index is 2.68. The van der Waals surface area contributed by atoms with Crippen molar-refractivity contribution in [2.75, 3.05) is 0 Å². The summed E-state index contributed by atoms with van der Waals surface area (Å²) in [6.45, 7) is 3.85. The van der Waals surface area contributed by atoms with Crippen LogP contribution < -0.4 is 5.73 Å². The molecule has 0 saturated carbocycles. The molecule has 7 heteroatoms. The second kappa shape index (κ2) is 5.05. The fourth-order valence-corrected chi connectivity index (χ4v) is 2.22. The first-order valence-corrected chi connectivity index (χ1v) is 6.47. The SMILES string of the molecule is CC(C)c1nc2ccc(C(F)(F)F)cn2c1CC(N)=S. The van der Waals surface area contributed by atoms with Gasteiger partial charge in [0.2, 0.25) is 0 Å². The van der Waals surface area contributed by atoms with E-state index in [0.29, 0.717) is 11.3 Å². The van der Waals surface area contributed by atoms with Crippen molar-refractivity contribution in [2.24, 2.45) is 5.73 Å². The highest BCUT2D eigenvalue weighted by Crippen LogP contribution is 2.30. The van der Waals surface area contributed by atoms with Crippen LogP contribution in [0.3, 0.4) is 0 Å². The number of hydrogen-bond acceptors (Lipinski definition) is 2. The zero-order valence-electron chi connectivity index (χ0n) is 11.0. The van der Waals surface area contributed by atoms with Crippen LogP contribution in [0, 0.1) is 0 Å². The summed E-state index contributed by atoms with van der Waals surface area (Å²) in [7, 11) is 0. The van der Waals surface area contributed by atoms with Crippen molar-refractivity contribution in [3.63, 3.8) is 0 Å². The number of alkyl halides is 3. The summed E-state index contributed by atoms with van der Waals surface area (Å²) in [4.78, 5) is 4.60. The Morgan fingerprint density at radius 3 is 2.55 bits per heavy atom. The number of pyridine rings is 1. The van der Waals surface area contributed by atoms with Crippen molar-refractivity contribution in [1.82, 2.24) is 9.38 Å². The summed E-state index contributed by atoms with van der Waals surface area (Å²) < 4.78 is 39.8. The van der Waals surface area contributed by atoms with Gasteiger partial charge in [-0.05, 0) is 18.1 Å². The van der Waals surface area contributed by atoms with Gasteiger partial charge in [0.15, 0.2) is 0 Å². The molecule has 3 nitrogen and oxygen atoms in total. The lowest BCUT2D eigenvalue weighted by molar-refractivity contribution is -0.137. The van der Waals surface area contributed by atoms with Gasteiger partial charge < -0.3 is 10.1 Å². The average molecular weight is 301 g/mol. The number of nitrogens with zero attached hydrogens (tertiary/aromatic N) is 2. The lowest BCUT2D eigenvalue weighted by Crippen LogP contribution is -2.15. The van der Waals surface area contributed by atoms with Crippen LogP contribution in [-0.4, -0.2) is 14.4 Å². The number of hydrogen-bond donors (Lipinski definition) is 1. The van der Waals surface area contributed by atoms with E-state index >= 15 is 0 Å². The Kier molecular flexibility index (Phi) is 3.73. The highest BCUT2D eigenvalue weighted by atomic mass is 32.1. The first kappa shape index (κ1) is 14.8. The second-order valence-corrected chi connectivity index (χ2v) is 5.41. The molecule has 0 aromatic carbocycles. The summed E-state index contributed by atoms with van der Waals surface area (Å²) >= 11 is 4.87. The smallest absolute Gasteiger partial charge is 0.393 e. The maximum atomic E-state index is 12.8. The Morgan fingerprint density at radius 2 is 2.05 bits per heavy atom. The van der Waals surface area contributed by atoms with Gasteiger partial charge >= 0.3 is 6.18 Å². The zero-order valence-corrected chi connectivity index (χ0v) is 11.8. The van der Waals surface area contributed by atoms with E-state index < -0.39 is 11.7 Å². The highest BCUT2D eigenvalue weighted by molar-refractivity contribution is 7.80. The van der Waals surface area contributed by atoms with Gasteiger partial charge in [0.1, 0.15) is 5.65 Å². The maximum absolute atomic E-state index is 12.8. The van der Waals surface area contributed by atoms with Crippen molar-refractivity contribution >= 4 is 22.9 Å². The third-order valence-corrected chi connectivity index (χ3v) is 3.11. The number of thiocarbonyl (C=S) groups is 1. The molecule has 0 spiro atoms. The fourth-order valence-electron chi connectivity index (χ4n) is 2.08. The summed E-state index contributed by atoms with van der Waals surface area (Å²) in [5.74, 6) is 0.0774. The second-order valence-electron chi connectivity index (χ2n) is 4.89.